The van der Waals surface area contributed by atoms with Crippen LogP contribution in [0.1, 0.15) is 65.2 Å². The number of fused-ring (bicyclic) bond motifs is 5. The monoisotopic (exact) mass is 544 g/mol. The van der Waals surface area contributed by atoms with Crippen molar-refractivity contribution in [1.82, 2.24) is 0 Å². The van der Waals surface area contributed by atoms with Crippen molar-refractivity contribution in [2.24, 2.45) is 28.6 Å². The molecule has 4 fully saturated rings. The molecule has 0 aromatic heterocycles. The van der Waals surface area contributed by atoms with Crippen LogP contribution in [0.3, 0.4) is 0 Å². The molecule has 37 heavy (non-hydrogen) atoms. The molecule has 12 heteroatoms. The van der Waals surface area contributed by atoms with Gasteiger partial charge in [-0.3, -0.25) is 9.35 Å². The van der Waals surface area contributed by atoms with Crippen LogP contribution >= 0.6 is 0 Å². The number of hydrogen-bond donors (Lipinski definition) is 4. The molecule has 0 amide bonds. The van der Waals surface area contributed by atoms with E-state index in [0.717, 1.165) is 38.5 Å². The minimum absolute atomic E-state index is 0.0188. The Morgan fingerprint density at radius 1 is 1.05 bits per heavy atom. The molecule has 1 saturated heterocycles. The fraction of sp³-hybridized carbons (Fsp3) is 0.840. The summed E-state index contributed by atoms with van der Waals surface area (Å²) in [6, 6.07) is 0. The predicted octanol–water partition coefficient (Wildman–Crippen LogP) is 1.62. The van der Waals surface area contributed by atoms with Crippen molar-refractivity contribution >= 4 is 22.2 Å². The standard InChI is InChI=1S/C25H36O11S/c1-24-9-7-13(26)11-12(24)3-4-14-15-5-6-17(25(15,2)10-8-16(14)24)34-23-19(28)20(36-37(31,32)33)18(27)21(35-23)22(29)30/h11,14-21,23,27-28H,3-10H2,1-2H3,(H,29,30)(H,31,32,33)/t14-,15-,16-,17-,18-,19+,20-,21-,23+,24-,25-/m0/s1. The molecule has 0 spiro atoms. The Bertz CT molecular complexity index is 1090. The zero-order valence-electron chi connectivity index (χ0n) is 21.0. The Kier molecular flexibility index (Phi) is 6.87. The van der Waals surface area contributed by atoms with Gasteiger partial charge < -0.3 is 24.8 Å². The molecule has 5 aliphatic rings. The molecule has 1 aliphatic heterocycles. The van der Waals surface area contributed by atoms with E-state index in [1.807, 2.05) is 6.08 Å². The van der Waals surface area contributed by atoms with Gasteiger partial charge in [-0.2, -0.15) is 8.42 Å². The van der Waals surface area contributed by atoms with Gasteiger partial charge >= 0.3 is 16.4 Å². The summed E-state index contributed by atoms with van der Waals surface area (Å²) in [5.41, 5.74) is 1.02. The summed E-state index contributed by atoms with van der Waals surface area (Å²) in [7, 11) is -5.10. The van der Waals surface area contributed by atoms with Crippen LogP contribution < -0.4 is 0 Å². The van der Waals surface area contributed by atoms with E-state index in [0.29, 0.717) is 30.6 Å². The summed E-state index contributed by atoms with van der Waals surface area (Å²) in [6.07, 6.45) is -1.21. The number of aliphatic hydroxyl groups excluding tert-OH is 2. The summed E-state index contributed by atoms with van der Waals surface area (Å²) in [4.78, 5) is 23.7. The topological polar surface area (TPSA) is 177 Å². The number of carboxylic acids is 1. The first-order chi connectivity index (χ1) is 17.2. The van der Waals surface area contributed by atoms with Gasteiger partial charge in [0.15, 0.2) is 18.2 Å². The number of rotatable bonds is 5. The number of ether oxygens (including phenoxy) is 2. The van der Waals surface area contributed by atoms with Crippen LogP contribution in [0.4, 0.5) is 0 Å². The second kappa shape index (κ2) is 9.35. The molecule has 208 valence electrons. The lowest BCUT2D eigenvalue weighted by Gasteiger charge is -2.58. The van der Waals surface area contributed by atoms with E-state index in [1.54, 1.807) is 0 Å². The number of carbonyl (C=O) groups is 2. The molecule has 0 unspecified atom stereocenters. The normalized spacial score (nSPS) is 48.0. The number of hydrogen-bond acceptors (Lipinski definition) is 9. The zero-order chi connectivity index (χ0) is 26.9. The second-order valence-electron chi connectivity index (χ2n) is 11.9. The third kappa shape index (κ3) is 4.58. The molecule has 3 saturated carbocycles. The maximum absolute atomic E-state index is 12.1. The van der Waals surface area contributed by atoms with Gasteiger partial charge in [-0.1, -0.05) is 19.4 Å². The highest BCUT2D eigenvalue weighted by atomic mass is 32.3. The molecule has 0 aromatic carbocycles. The van der Waals surface area contributed by atoms with E-state index in [2.05, 4.69) is 18.0 Å². The van der Waals surface area contributed by atoms with E-state index in [4.69, 9.17) is 14.0 Å². The molecule has 0 aromatic rings. The number of carbonyl (C=O) groups excluding carboxylic acids is 1. The van der Waals surface area contributed by atoms with E-state index in [9.17, 15) is 33.3 Å². The van der Waals surface area contributed by atoms with Crippen LogP contribution in [0, 0.1) is 28.6 Å². The van der Waals surface area contributed by atoms with Crippen LogP contribution in [0.25, 0.3) is 0 Å². The molecular weight excluding hydrogens is 508 g/mol. The van der Waals surface area contributed by atoms with E-state index in [-0.39, 0.29) is 16.6 Å². The highest BCUT2D eigenvalue weighted by Gasteiger charge is 2.60. The number of aliphatic hydroxyl groups is 2. The average molecular weight is 545 g/mol. The number of carboxylic acid groups (broad SMARTS) is 1. The first-order valence-electron chi connectivity index (χ1n) is 13.0. The SMILES string of the molecule is C[C@]12CC[C@H]3[C@@H](CCC4=CC(=O)CC[C@@]43C)[C@@H]1CC[C@@H]2O[C@@H]1O[C@H](C(=O)O)[C@@H](O)[C@H](OS(=O)(=O)O)[C@H]1O. The summed E-state index contributed by atoms with van der Waals surface area (Å²) >= 11 is 0. The lowest BCUT2D eigenvalue weighted by atomic mass is 9.47. The van der Waals surface area contributed by atoms with Crippen molar-refractivity contribution in [1.29, 1.82) is 0 Å². The van der Waals surface area contributed by atoms with E-state index < -0.39 is 53.2 Å². The fourth-order valence-corrected chi connectivity index (χ4v) is 8.81. The molecule has 5 rings (SSSR count). The van der Waals surface area contributed by atoms with Gasteiger partial charge in [0.1, 0.15) is 18.3 Å². The number of ketones is 1. The van der Waals surface area contributed by atoms with Gasteiger partial charge in [-0.25, -0.2) is 8.98 Å². The number of allylic oxidation sites excluding steroid dienone is 1. The van der Waals surface area contributed by atoms with Crippen LogP contribution in [-0.2, 0) is 33.6 Å². The van der Waals surface area contributed by atoms with Gasteiger partial charge in [0.2, 0.25) is 0 Å². The quantitative estimate of drug-likeness (QED) is 0.370. The van der Waals surface area contributed by atoms with E-state index >= 15 is 0 Å². The molecule has 4 N–H and O–H groups in total. The maximum Gasteiger partial charge on any atom is 0.397 e. The Balaban J connectivity index is 1.35. The third-order valence-electron chi connectivity index (χ3n) is 10.2. The third-order valence-corrected chi connectivity index (χ3v) is 10.7. The molecule has 4 aliphatic carbocycles. The van der Waals surface area contributed by atoms with Crippen LogP contribution in [0.15, 0.2) is 11.6 Å². The highest BCUT2D eigenvalue weighted by molar-refractivity contribution is 7.80. The Morgan fingerprint density at radius 2 is 1.78 bits per heavy atom. The highest BCUT2D eigenvalue weighted by Crippen LogP contribution is 2.65. The summed E-state index contributed by atoms with van der Waals surface area (Å²) in [6.45, 7) is 4.45. The van der Waals surface area contributed by atoms with Gasteiger partial charge in [0.05, 0.1) is 6.10 Å². The lowest BCUT2D eigenvalue weighted by molar-refractivity contribution is -0.309. The smallest absolute Gasteiger partial charge is 0.397 e. The van der Waals surface area contributed by atoms with E-state index in [1.165, 1.54) is 5.57 Å². The lowest BCUT2D eigenvalue weighted by Crippen LogP contribution is -2.62. The molecule has 11 nitrogen and oxygen atoms in total. The molecule has 11 atom stereocenters. The van der Waals surface area contributed by atoms with Crippen molar-refractivity contribution in [2.75, 3.05) is 0 Å². The Labute approximate surface area is 216 Å². The zero-order valence-corrected chi connectivity index (χ0v) is 21.8. The first-order valence-corrected chi connectivity index (χ1v) is 14.4. The first kappa shape index (κ1) is 27.2. The van der Waals surface area contributed by atoms with Gasteiger partial charge in [0.25, 0.3) is 0 Å². The van der Waals surface area contributed by atoms with Gasteiger partial charge in [0, 0.05) is 6.42 Å². The minimum atomic E-state index is -5.10. The molecule has 0 radical (unpaired) electrons. The average Bonchev–Trinajstić information content (AvgIpc) is 3.14. The molecule has 0 bridgehead atoms. The number of aliphatic carboxylic acids is 1. The van der Waals surface area contributed by atoms with Crippen molar-refractivity contribution < 1.29 is 51.5 Å². The predicted molar refractivity (Wildman–Crippen MR) is 126 cm³/mol. The summed E-state index contributed by atoms with van der Waals surface area (Å²) in [5.74, 6) is -0.123. The Hall–Kier alpha value is -1.41. The molecule has 1 heterocycles. The van der Waals surface area contributed by atoms with Crippen LogP contribution in [-0.4, -0.2) is 76.9 Å². The van der Waals surface area contributed by atoms with Crippen molar-refractivity contribution in [3.8, 4) is 0 Å². The van der Waals surface area contributed by atoms with Crippen molar-refractivity contribution in [3.05, 3.63) is 11.6 Å². The summed E-state index contributed by atoms with van der Waals surface area (Å²) < 4.78 is 47.7. The van der Waals surface area contributed by atoms with Gasteiger partial charge in [-0.15, -0.1) is 0 Å². The van der Waals surface area contributed by atoms with Crippen LogP contribution in [0.2, 0.25) is 0 Å². The minimum Gasteiger partial charge on any atom is -0.479 e. The molecular formula is C25H36O11S. The fourth-order valence-electron chi connectivity index (χ4n) is 8.30. The maximum atomic E-state index is 12.1. The van der Waals surface area contributed by atoms with Crippen molar-refractivity contribution in [3.63, 3.8) is 0 Å². The Morgan fingerprint density at radius 3 is 2.46 bits per heavy atom. The second-order valence-corrected chi connectivity index (χ2v) is 13.0. The van der Waals surface area contributed by atoms with Gasteiger partial charge in [-0.05, 0) is 79.6 Å². The van der Waals surface area contributed by atoms with Crippen molar-refractivity contribution in [2.45, 2.75) is 102 Å². The summed E-state index contributed by atoms with van der Waals surface area (Å²) in [5, 5.41) is 30.5. The van der Waals surface area contributed by atoms with Crippen LogP contribution in [0.5, 0.6) is 0 Å². The largest absolute Gasteiger partial charge is 0.479 e.